The third kappa shape index (κ3) is 5.94. The van der Waals surface area contributed by atoms with Crippen LogP contribution in [0, 0.1) is 0 Å². The fourth-order valence-electron chi connectivity index (χ4n) is 3.48. The summed E-state index contributed by atoms with van der Waals surface area (Å²) in [7, 11) is 0. The normalized spacial score (nSPS) is 24.4. The molecule has 11 nitrogen and oxygen atoms in total. The number of phenols is 3. The van der Waals surface area contributed by atoms with Crippen molar-refractivity contribution in [2.75, 3.05) is 6.61 Å². The van der Waals surface area contributed by atoms with E-state index in [1.807, 2.05) is 0 Å². The number of ether oxygens (including phenoxy) is 3. The maximum Gasteiger partial charge on any atom is 0.302 e. The van der Waals surface area contributed by atoms with E-state index in [0.717, 1.165) is 24.6 Å². The van der Waals surface area contributed by atoms with Gasteiger partial charge in [-0.25, -0.2) is 0 Å². The Morgan fingerprint density at radius 1 is 0.941 bits per heavy atom. The molecule has 1 heterocycles. The number of phenolic OH excluding ortho intramolecular Hbond substituents is 3. The number of carbonyl (C=O) groups is 2. The highest BCUT2D eigenvalue weighted by molar-refractivity contribution is 6.01. The third-order valence-electron chi connectivity index (χ3n) is 5.28. The molecule has 0 radical (unpaired) electrons. The molecule has 0 amide bonds. The molecule has 0 unspecified atom stereocenters. The molecule has 1 aliphatic rings. The largest absolute Gasteiger partial charge is 0.508 e. The van der Waals surface area contributed by atoms with E-state index in [0.29, 0.717) is 0 Å². The molecule has 5 atom stereocenters. The molecule has 0 spiro atoms. The van der Waals surface area contributed by atoms with Crippen molar-refractivity contribution in [3.05, 3.63) is 47.5 Å². The minimum absolute atomic E-state index is 0.0655. The van der Waals surface area contributed by atoms with E-state index in [9.17, 15) is 40.2 Å². The van der Waals surface area contributed by atoms with Crippen molar-refractivity contribution in [2.24, 2.45) is 0 Å². The van der Waals surface area contributed by atoms with Crippen LogP contribution >= 0.6 is 0 Å². The van der Waals surface area contributed by atoms with Gasteiger partial charge in [0.2, 0.25) is 6.29 Å². The first-order chi connectivity index (χ1) is 16.1. The lowest BCUT2D eigenvalue weighted by molar-refractivity contribution is -0.278. The first-order valence-corrected chi connectivity index (χ1v) is 10.4. The van der Waals surface area contributed by atoms with E-state index in [1.165, 1.54) is 12.1 Å². The summed E-state index contributed by atoms with van der Waals surface area (Å²) in [6.07, 6.45) is -7.79. The van der Waals surface area contributed by atoms with Crippen molar-refractivity contribution in [3.63, 3.8) is 0 Å². The van der Waals surface area contributed by atoms with Crippen molar-refractivity contribution in [2.45, 2.75) is 50.5 Å². The molecule has 11 heteroatoms. The van der Waals surface area contributed by atoms with Gasteiger partial charge in [0.15, 0.2) is 5.78 Å². The molecule has 184 valence electrons. The van der Waals surface area contributed by atoms with Crippen LogP contribution in [0.3, 0.4) is 0 Å². The summed E-state index contributed by atoms with van der Waals surface area (Å²) in [5.74, 6) is -2.48. The SMILES string of the molecule is CC(=O)OC[C@@H]1O[C@H](Oc2cc(O)cc(O)c2C(=O)CCc2ccc(O)cc2)[C@@H](O)[C@H](O)[C@H]1O. The van der Waals surface area contributed by atoms with Gasteiger partial charge in [0.1, 0.15) is 59.6 Å². The van der Waals surface area contributed by atoms with Gasteiger partial charge >= 0.3 is 5.97 Å². The number of aliphatic hydroxyl groups excluding tert-OH is 3. The Kier molecular flexibility index (Phi) is 7.94. The topological polar surface area (TPSA) is 183 Å². The summed E-state index contributed by atoms with van der Waals surface area (Å²) in [5, 5.41) is 60.2. The van der Waals surface area contributed by atoms with Gasteiger partial charge in [0, 0.05) is 25.5 Å². The quantitative estimate of drug-likeness (QED) is 0.228. The van der Waals surface area contributed by atoms with Crippen LogP contribution in [0.2, 0.25) is 0 Å². The Balaban J connectivity index is 1.80. The second kappa shape index (κ2) is 10.7. The Morgan fingerprint density at radius 3 is 2.26 bits per heavy atom. The average molecular weight is 478 g/mol. The van der Waals surface area contributed by atoms with Gasteiger partial charge in [-0.1, -0.05) is 12.1 Å². The maximum atomic E-state index is 12.9. The molecule has 34 heavy (non-hydrogen) atoms. The van der Waals surface area contributed by atoms with Crippen molar-refractivity contribution >= 4 is 11.8 Å². The number of rotatable bonds is 8. The Bertz CT molecular complexity index is 1020. The lowest BCUT2D eigenvalue weighted by Gasteiger charge is -2.40. The summed E-state index contributed by atoms with van der Waals surface area (Å²) < 4.78 is 15.8. The Hall–Kier alpha value is -3.38. The molecule has 2 aromatic carbocycles. The molecule has 1 saturated heterocycles. The fourth-order valence-corrected chi connectivity index (χ4v) is 3.48. The number of hydrogen-bond donors (Lipinski definition) is 6. The molecule has 3 rings (SSSR count). The van der Waals surface area contributed by atoms with Crippen LogP contribution in [-0.2, 0) is 20.7 Å². The van der Waals surface area contributed by atoms with Crippen molar-refractivity contribution < 1.29 is 54.4 Å². The summed E-state index contributed by atoms with van der Waals surface area (Å²) in [4.78, 5) is 24.0. The Morgan fingerprint density at radius 2 is 1.62 bits per heavy atom. The van der Waals surface area contributed by atoms with Crippen molar-refractivity contribution in [1.82, 2.24) is 0 Å². The molecule has 2 aromatic rings. The minimum atomic E-state index is -1.77. The Labute approximate surface area is 194 Å². The van der Waals surface area contributed by atoms with Crippen LogP contribution in [0.4, 0.5) is 0 Å². The lowest BCUT2D eigenvalue weighted by atomic mass is 9.98. The summed E-state index contributed by atoms with van der Waals surface area (Å²) in [6, 6.07) is 8.20. The van der Waals surface area contributed by atoms with E-state index >= 15 is 0 Å². The number of esters is 1. The number of aryl methyl sites for hydroxylation is 1. The molecular weight excluding hydrogens is 452 g/mol. The second-order valence-electron chi connectivity index (χ2n) is 7.86. The number of benzene rings is 2. The predicted molar refractivity (Wildman–Crippen MR) is 114 cm³/mol. The predicted octanol–water partition coefficient (Wildman–Crippen LogP) is 0.368. The van der Waals surface area contributed by atoms with Crippen LogP contribution < -0.4 is 4.74 Å². The molecule has 0 bridgehead atoms. The molecule has 0 aliphatic carbocycles. The highest BCUT2D eigenvalue weighted by Gasteiger charge is 2.45. The van der Waals surface area contributed by atoms with Crippen LogP contribution in [0.25, 0.3) is 0 Å². The standard InChI is InChI=1S/C23H26O11/c1-11(24)32-10-18-20(29)21(30)22(31)23(34-18)33-17-9-14(26)8-16(28)19(17)15(27)7-4-12-2-5-13(25)6-3-12/h2-3,5-6,8-9,18,20-23,25-26,28-31H,4,7,10H2,1H3/t18-,20-,21+,22-,23-/m0/s1. The highest BCUT2D eigenvalue weighted by atomic mass is 16.7. The van der Waals surface area contributed by atoms with Crippen molar-refractivity contribution in [3.8, 4) is 23.0 Å². The van der Waals surface area contributed by atoms with Gasteiger partial charge in [0.05, 0.1) is 0 Å². The zero-order chi connectivity index (χ0) is 25.0. The number of carbonyl (C=O) groups excluding carboxylic acids is 2. The molecule has 0 aromatic heterocycles. The first-order valence-electron chi connectivity index (χ1n) is 10.4. The summed E-state index contributed by atoms with van der Waals surface area (Å²) in [6.45, 7) is 0.698. The number of Topliss-reactive ketones (excluding diaryl/α,β-unsaturated/α-hetero) is 1. The first kappa shape index (κ1) is 25.2. The number of aliphatic hydroxyl groups is 3. The molecule has 1 fully saturated rings. The monoisotopic (exact) mass is 478 g/mol. The van der Waals surface area contributed by atoms with E-state index in [1.54, 1.807) is 12.1 Å². The van der Waals surface area contributed by atoms with E-state index in [2.05, 4.69) is 0 Å². The average Bonchev–Trinajstić information content (AvgIpc) is 2.77. The van der Waals surface area contributed by atoms with Gasteiger partial charge in [-0.15, -0.1) is 0 Å². The van der Waals surface area contributed by atoms with Crippen LogP contribution in [0.5, 0.6) is 23.0 Å². The molecule has 1 aliphatic heterocycles. The maximum absolute atomic E-state index is 12.9. The van der Waals surface area contributed by atoms with Gasteiger partial charge in [-0.3, -0.25) is 9.59 Å². The van der Waals surface area contributed by atoms with Gasteiger partial charge in [-0.05, 0) is 24.1 Å². The molecular formula is C23H26O11. The second-order valence-corrected chi connectivity index (χ2v) is 7.86. The lowest BCUT2D eigenvalue weighted by Crippen LogP contribution is -2.60. The number of hydrogen-bond acceptors (Lipinski definition) is 11. The minimum Gasteiger partial charge on any atom is -0.508 e. The van der Waals surface area contributed by atoms with Crippen LogP contribution in [0.1, 0.15) is 29.3 Å². The van der Waals surface area contributed by atoms with Gasteiger partial charge < -0.3 is 44.8 Å². The zero-order valence-electron chi connectivity index (χ0n) is 18.2. The smallest absolute Gasteiger partial charge is 0.302 e. The van der Waals surface area contributed by atoms with Gasteiger partial charge in [-0.2, -0.15) is 0 Å². The summed E-state index contributed by atoms with van der Waals surface area (Å²) in [5.41, 5.74) is 0.466. The van der Waals surface area contributed by atoms with E-state index < -0.39 is 60.6 Å². The van der Waals surface area contributed by atoms with E-state index in [4.69, 9.17) is 14.2 Å². The molecule has 0 saturated carbocycles. The highest BCUT2D eigenvalue weighted by Crippen LogP contribution is 2.36. The van der Waals surface area contributed by atoms with Crippen LogP contribution in [-0.4, -0.2) is 79.7 Å². The fraction of sp³-hybridized carbons (Fsp3) is 0.391. The number of ketones is 1. The molecule has 6 N–H and O–H groups in total. The third-order valence-corrected chi connectivity index (χ3v) is 5.28. The van der Waals surface area contributed by atoms with E-state index in [-0.39, 0.29) is 29.9 Å². The van der Waals surface area contributed by atoms with Crippen LogP contribution in [0.15, 0.2) is 36.4 Å². The van der Waals surface area contributed by atoms with Gasteiger partial charge in [0.25, 0.3) is 0 Å². The van der Waals surface area contributed by atoms with Crippen molar-refractivity contribution in [1.29, 1.82) is 0 Å². The number of aromatic hydroxyl groups is 3. The summed E-state index contributed by atoms with van der Waals surface area (Å²) >= 11 is 0. The zero-order valence-corrected chi connectivity index (χ0v) is 18.2.